The van der Waals surface area contributed by atoms with Gasteiger partial charge in [-0.15, -0.1) is 11.3 Å². The molecule has 3 aromatic rings. The highest BCUT2D eigenvalue weighted by molar-refractivity contribution is 7.22. The number of hydrogen-bond donors (Lipinski definition) is 2. The topological polar surface area (TPSA) is 71.1 Å². The second kappa shape index (κ2) is 6.89. The van der Waals surface area contributed by atoms with Crippen LogP contribution in [-0.4, -0.2) is 16.8 Å². The van der Waals surface area contributed by atoms with Crippen LogP contribution in [0.25, 0.3) is 10.2 Å². The van der Waals surface area contributed by atoms with Gasteiger partial charge in [-0.2, -0.15) is 0 Å². The Morgan fingerprint density at radius 1 is 1.22 bits per heavy atom. The summed E-state index contributed by atoms with van der Waals surface area (Å²) in [7, 11) is 0. The molecule has 0 spiro atoms. The van der Waals surface area contributed by atoms with Gasteiger partial charge in [0, 0.05) is 23.9 Å². The normalized spacial score (nSPS) is 10.7. The van der Waals surface area contributed by atoms with Crippen LogP contribution in [0.4, 0.5) is 10.8 Å². The van der Waals surface area contributed by atoms with Gasteiger partial charge in [0.05, 0.1) is 10.2 Å². The first-order valence-corrected chi connectivity index (χ1v) is 8.80. The van der Waals surface area contributed by atoms with Crippen LogP contribution in [0.1, 0.15) is 18.2 Å². The highest BCUT2D eigenvalue weighted by atomic mass is 32.1. The van der Waals surface area contributed by atoms with E-state index in [1.165, 1.54) is 23.1 Å². The quantitative estimate of drug-likeness (QED) is 0.737. The lowest BCUT2D eigenvalue weighted by Crippen LogP contribution is -2.11. The van der Waals surface area contributed by atoms with Crippen molar-refractivity contribution in [3.8, 4) is 0 Å². The number of rotatable bonds is 5. The number of aromatic nitrogens is 1. The second-order valence-corrected chi connectivity index (χ2v) is 7.07. The van der Waals surface area contributed by atoms with E-state index in [1.54, 1.807) is 17.4 Å². The van der Waals surface area contributed by atoms with Crippen molar-refractivity contribution in [1.82, 2.24) is 4.98 Å². The van der Waals surface area contributed by atoms with Gasteiger partial charge in [0.15, 0.2) is 5.13 Å². The number of benzene rings is 1. The SMILES string of the molecule is CC(=O)Nc1ccc2nc(NC(=O)CCc3cccs3)sc2c1. The summed E-state index contributed by atoms with van der Waals surface area (Å²) >= 11 is 3.05. The van der Waals surface area contributed by atoms with Crippen molar-refractivity contribution in [3.63, 3.8) is 0 Å². The van der Waals surface area contributed by atoms with Crippen LogP contribution in [0.3, 0.4) is 0 Å². The average Bonchev–Trinajstić information content (AvgIpc) is 3.12. The Bertz CT molecular complexity index is 840. The predicted molar refractivity (Wildman–Crippen MR) is 95.2 cm³/mol. The van der Waals surface area contributed by atoms with Crippen molar-refractivity contribution in [2.45, 2.75) is 19.8 Å². The first-order valence-electron chi connectivity index (χ1n) is 7.10. The van der Waals surface area contributed by atoms with Gasteiger partial charge in [-0.05, 0) is 36.1 Å². The zero-order valence-electron chi connectivity index (χ0n) is 12.5. The van der Waals surface area contributed by atoms with Crippen LogP contribution in [0.15, 0.2) is 35.7 Å². The van der Waals surface area contributed by atoms with Crippen molar-refractivity contribution >= 4 is 55.5 Å². The minimum absolute atomic E-state index is 0.0421. The van der Waals surface area contributed by atoms with Gasteiger partial charge in [-0.25, -0.2) is 4.98 Å². The predicted octanol–water partition coefficient (Wildman–Crippen LogP) is 3.89. The largest absolute Gasteiger partial charge is 0.326 e. The zero-order valence-corrected chi connectivity index (χ0v) is 14.1. The van der Waals surface area contributed by atoms with Gasteiger partial charge in [-0.3, -0.25) is 9.59 Å². The van der Waals surface area contributed by atoms with Crippen LogP contribution in [0.5, 0.6) is 0 Å². The summed E-state index contributed by atoms with van der Waals surface area (Å²) in [6.07, 6.45) is 1.18. The minimum Gasteiger partial charge on any atom is -0.326 e. The van der Waals surface area contributed by atoms with Gasteiger partial charge in [0.1, 0.15) is 0 Å². The molecule has 2 aromatic heterocycles. The maximum atomic E-state index is 12.0. The summed E-state index contributed by atoms with van der Waals surface area (Å²) in [5, 5.41) is 8.16. The van der Waals surface area contributed by atoms with E-state index in [9.17, 15) is 9.59 Å². The maximum Gasteiger partial charge on any atom is 0.226 e. The van der Waals surface area contributed by atoms with E-state index >= 15 is 0 Å². The molecule has 0 aliphatic heterocycles. The fourth-order valence-corrected chi connectivity index (χ4v) is 3.76. The Morgan fingerprint density at radius 3 is 2.83 bits per heavy atom. The van der Waals surface area contributed by atoms with E-state index < -0.39 is 0 Å². The standard InChI is InChI=1S/C16H15N3O2S2/c1-10(20)17-11-4-6-13-14(9-11)23-16(18-13)19-15(21)7-5-12-3-2-8-22-12/h2-4,6,8-9H,5,7H2,1H3,(H,17,20)(H,18,19,21). The number of nitrogens with zero attached hydrogens (tertiary/aromatic N) is 1. The number of carbonyl (C=O) groups is 2. The maximum absolute atomic E-state index is 12.0. The van der Waals surface area contributed by atoms with E-state index in [0.717, 1.165) is 22.3 Å². The van der Waals surface area contributed by atoms with Crippen molar-refractivity contribution < 1.29 is 9.59 Å². The lowest BCUT2D eigenvalue weighted by Gasteiger charge is -2.00. The van der Waals surface area contributed by atoms with Crippen LogP contribution in [0, 0.1) is 0 Å². The third-order valence-electron chi connectivity index (χ3n) is 3.13. The first kappa shape index (κ1) is 15.6. The Kier molecular flexibility index (Phi) is 4.68. The summed E-state index contributed by atoms with van der Waals surface area (Å²) in [5.74, 6) is -0.157. The summed E-state index contributed by atoms with van der Waals surface area (Å²) in [4.78, 5) is 28.7. The number of thiazole rings is 1. The molecule has 23 heavy (non-hydrogen) atoms. The number of carbonyl (C=O) groups excluding carboxylic acids is 2. The third kappa shape index (κ3) is 4.14. The summed E-state index contributed by atoms with van der Waals surface area (Å²) in [6, 6.07) is 9.50. The molecule has 0 aliphatic carbocycles. The van der Waals surface area contributed by atoms with Crippen molar-refractivity contribution in [3.05, 3.63) is 40.6 Å². The average molecular weight is 345 g/mol. The molecule has 0 saturated heterocycles. The van der Waals surface area contributed by atoms with Crippen LogP contribution < -0.4 is 10.6 Å². The molecule has 0 saturated carbocycles. The van der Waals surface area contributed by atoms with E-state index in [-0.39, 0.29) is 11.8 Å². The van der Waals surface area contributed by atoms with Crippen molar-refractivity contribution in [2.24, 2.45) is 0 Å². The molecule has 1 aromatic carbocycles. The molecule has 0 bridgehead atoms. The highest BCUT2D eigenvalue weighted by Crippen LogP contribution is 2.28. The summed E-state index contributed by atoms with van der Waals surface area (Å²) in [5.41, 5.74) is 1.53. The Hall–Kier alpha value is -2.25. The third-order valence-corrected chi connectivity index (χ3v) is 5.00. The molecular formula is C16H15N3O2S2. The first-order chi connectivity index (χ1) is 11.1. The molecular weight excluding hydrogens is 330 g/mol. The second-order valence-electron chi connectivity index (χ2n) is 5.01. The van der Waals surface area contributed by atoms with Crippen LogP contribution >= 0.6 is 22.7 Å². The molecule has 2 amide bonds. The van der Waals surface area contributed by atoms with Crippen LogP contribution in [-0.2, 0) is 16.0 Å². The lowest BCUT2D eigenvalue weighted by atomic mass is 10.2. The van der Waals surface area contributed by atoms with Gasteiger partial charge in [0.25, 0.3) is 0 Å². The minimum atomic E-state index is -0.115. The summed E-state index contributed by atoms with van der Waals surface area (Å²) < 4.78 is 0.921. The molecule has 0 radical (unpaired) electrons. The monoisotopic (exact) mass is 345 g/mol. The van der Waals surface area contributed by atoms with Crippen molar-refractivity contribution in [2.75, 3.05) is 10.6 Å². The number of fused-ring (bicyclic) bond motifs is 1. The number of amides is 2. The Morgan fingerprint density at radius 2 is 2.09 bits per heavy atom. The Labute approximate surface area is 141 Å². The molecule has 2 heterocycles. The number of anilines is 2. The number of hydrogen-bond acceptors (Lipinski definition) is 5. The smallest absolute Gasteiger partial charge is 0.226 e. The number of aryl methyl sites for hydroxylation is 1. The molecule has 3 rings (SSSR count). The molecule has 118 valence electrons. The van der Waals surface area contributed by atoms with Crippen LogP contribution in [0.2, 0.25) is 0 Å². The zero-order chi connectivity index (χ0) is 16.2. The molecule has 2 N–H and O–H groups in total. The van der Waals surface area contributed by atoms with E-state index in [2.05, 4.69) is 15.6 Å². The molecule has 7 heteroatoms. The molecule has 0 atom stereocenters. The molecule has 0 unspecified atom stereocenters. The summed E-state index contributed by atoms with van der Waals surface area (Å²) in [6.45, 7) is 1.47. The molecule has 5 nitrogen and oxygen atoms in total. The molecule has 0 fully saturated rings. The van der Waals surface area contributed by atoms with Crippen molar-refractivity contribution in [1.29, 1.82) is 0 Å². The van der Waals surface area contributed by atoms with E-state index in [4.69, 9.17) is 0 Å². The Balaban J connectivity index is 1.65. The number of thiophene rings is 1. The van der Waals surface area contributed by atoms with E-state index in [1.807, 2.05) is 29.6 Å². The highest BCUT2D eigenvalue weighted by Gasteiger charge is 2.09. The lowest BCUT2D eigenvalue weighted by molar-refractivity contribution is -0.116. The molecule has 0 aliphatic rings. The number of nitrogens with one attached hydrogen (secondary N) is 2. The fraction of sp³-hybridized carbons (Fsp3) is 0.188. The van der Waals surface area contributed by atoms with Gasteiger partial charge in [-0.1, -0.05) is 17.4 Å². The van der Waals surface area contributed by atoms with Gasteiger partial charge >= 0.3 is 0 Å². The van der Waals surface area contributed by atoms with Gasteiger partial charge in [0.2, 0.25) is 11.8 Å². The van der Waals surface area contributed by atoms with Gasteiger partial charge < -0.3 is 10.6 Å². The van der Waals surface area contributed by atoms with E-state index in [0.29, 0.717) is 11.6 Å². The fourth-order valence-electron chi connectivity index (χ4n) is 2.13.